The maximum Gasteiger partial charge on any atom is 0.362 e. The Balaban J connectivity index is 4.19. The monoisotopic (exact) mass is 763 g/mol. The highest BCUT2D eigenvalue weighted by atomic mass is 16.6. The molecular weight excluding hydrogens is 679 g/mol. The zero-order valence-electron chi connectivity index (χ0n) is 35.7. The second-order valence-electron chi connectivity index (χ2n) is 15.9. The van der Waals surface area contributed by atoms with Gasteiger partial charge in [0.2, 0.25) is 0 Å². The fourth-order valence-electron chi connectivity index (χ4n) is 6.37. The molecule has 0 saturated carbocycles. The summed E-state index contributed by atoms with van der Waals surface area (Å²) in [6.07, 6.45) is 42.1. The summed E-state index contributed by atoms with van der Waals surface area (Å²) in [4.78, 5) is 36.8. The van der Waals surface area contributed by atoms with Crippen LogP contribution >= 0.6 is 0 Å². The van der Waals surface area contributed by atoms with Gasteiger partial charge in [0, 0.05) is 19.3 Å². The molecule has 0 aromatic rings. The molecule has 8 nitrogen and oxygen atoms in total. The Hall–Kier alpha value is -2.45. The Kier molecular flexibility index (Phi) is 35.8. The summed E-state index contributed by atoms with van der Waals surface area (Å²) in [5.41, 5.74) is 0. The molecule has 0 bridgehead atoms. The normalized spacial score (nSPS) is 13.3. The third kappa shape index (κ3) is 35.3. The van der Waals surface area contributed by atoms with E-state index in [0.717, 1.165) is 44.9 Å². The summed E-state index contributed by atoms with van der Waals surface area (Å²) in [7, 11) is 5.51. The van der Waals surface area contributed by atoms with Crippen molar-refractivity contribution in [1.29, 1.82) is 0 Å². The zero-order valence-corrected chi connectivity index (χ0v) is 35.7. The Morgan fingerprint density at radius 3 is 1.59 bits per heavy atom. The molecular formula is C46H84NO7+. The average Bonchev–Trinajstić information content (AvgIpc) is 3.12. The average molecular weight is 763 g/mol. The van der Waals surface area contributed by atoms with Gasteiger partial charge in [0.1, 0.15) is 6.61 Å². The van der Waals surface area contributed by atoms with E-state index in [0.29, 0.717) is 19.3 Å². The van der Waals surface area contributed by atoms with Gasteiger partial charge in [-0.3, -0.25) is 9.59 Å². The van der Waals surface area contributed by atoms with Gasteiger partial charge in [0.25, 0.3) is 0 Å². The van der Waals surface area contributed by atoms with Gasteiger partial charge in [-0.05, 0) is 57.8 Å². The van der Waals surface area contributed by atoms with Crippen LogP contribution in [0.15, 0.2) is 36.5 Å². The molecule has 2 atom stereocenters. The highest BCUT2D eigenvalue weighted by Crippen LogP contribution is 2.15. The summed E-state index contributed by atoms with van der Waals surface area (Å²) in [6.45, 7) is 4.57. The highest BCUT2D eigenvalue weighted by Gasteiger charge is 2.31. The van der Waals surface area contributed by atoms with Crippen molar-refractivity contribution < 1.29 is 38.2 Å². The van der Waals surface area contributed by atoms with E-state index in [-0.39, 0.29) is 42.7 Å². The first-order valence-electron chi connectivity index (χ1n) is 22.0. The molecule has 0 aromatic heterocycles. The molecule has 0 aromatic carbocycles. The summed E-state index contributed by atoms with van der Waals surface area (Å²) in [5.74, 6) is -1.51. The lowest BCUT2D eigenvalue weighted by molar-refractivity contribution is -0.887. The lowest BCUT2D eigenvalue weighted by atomic mass is 10.0. The van der Waals surface area contributed by atoms with Crippen molar-refractivity contribution in [2.45, 2.75) is 199 Å². The number of carbonyl (C=O) groups is 3. The lowest BCUT2D eigenvalue weighted by Crippen LogP contribution is -2.50. The summed E-state index contributed by atoms with van der Waals surface area (Å²) in [6, 6.07) is -0.616. The number of unbranched alkanes of at least 4 members (excludes halogenated alkanes) is 19. The molecule has 0 aliphatic rings. The number of carboxylic acid groups (broad SMARTS) is 1. The molecule has 0 saturated heterocycles. The molecule has 54 heavy (non-hydrogen) atoms. The maximum atomic E-state index is 12.6. The van der Waals surface area contributed by atoms with E-state index in [1.54, 1.807) is 0 Å². The number of aliphatic carboxylic acids is 1. The molecule has 0 aliphatic heterocycles. The van der Waals surface area contributed by atoms with Gasteiger partial charge in [0.15, 0.2) is 12.1 Å². The van der Waals surface area contributed by atoms with Crippen LogP contribution in [0.25, 0.3) is 0 Å². The topological polar surface area (TPSA) is 99.1 Å². The lowest BCUT2D eigenvalue weighted by Gasteiger charge is -2.31. The van der Waals surface area contributed by atoms with Crippen LogP contribution < -0.4 is 0 Å². The van der Waals surface area contributed by atoms with E-state index in [1.165, 1.54) is 103 Å². The number of likely N-dealkylation sites (N-methyl/N-ethyl adjacent to an activating group) is 1. The minimum absolute atomic E-state index is 0.0516. The molecule has 0 fully saturated rings. The summed E-state index contributed by atoms with van der Waals surface area (Å²) >= 11 is 0. The number of quaternary nitrogens is 1. The van der Waals surface area contributed by atoms with Crippen molar-refractivity contribution in [3.05, 3.63) is 36.5 Å². The third-order valence-corrected chi connectivity index (χ3v) is 9.77. The van der Waals surface area contributed by atoms with Gasteiger partial charge in [-0.2, -0.15) is 0 Å². The number of esters is 2. The Morgan fingerprint density at radius 1 is 0.574 bits per heavy atom. The van der Waals surface area contributed by atoms with Gasteiger partial charge in [-0.25, -0.2) is 4.79 Å². The summed E-state index contributed by atoms with van der Waals surface area (Å²) in [5, 5.41) is 9.59. The van der Waals surface area contributed by atoms with Crippen molar-refractivity contribution in [2.75, 3.05) is 41.0 Å². The number of nitrogens with zero attached hydrogens (tertiary/aromatic N) is 1. The Bertz CT molecular complexity index is 984. The minimum Gasteiger partial charge on any atom is -0.477 e. The summed E-state index contributed by atoms with van der Waals surface area (Å²) < 4.78 is 17.2. The van der Waals surface area contributed by atoms with Crippen LogP contribution in [-0.2, 0) is 28.6 Å². The van der Waals surface area contributed by atoms with E-state index in [4.69, 9.17) is 14.2 Å². The number of carbonyl (C=O) groups excluding carboxylic acids is 2. The van der Waals surface area contributed by atoms with E-state index in [9.17, 15) is 19.5 Å². The molecule has 0 radical (unpaired) electrons. The molecule has 0 rings (SSSR count). The van der Waals surface area contributed by atoms with E-state index in [2.05, 4.69) is 50.3 Å². The van der Waals surface area contributed by atoms with Crippen LogP contribution in [0.1, 0.15) is 187 Å². The van der Waals surface area contributed by atoms with Gasteiger partial charge in [-0.15, -0.1) is 0 Å². The Morgan fingerprint density at radius 2 is 1.06 bits per heavy atom. The van der Waals surface area contributed by atoms with Crippen molar-refractivity contribution in [3.63, 3.8) is 0 Å². The highest BCUT2D eigenvalue weighted by molar-refractivity contribution is 5.72. The van der Waals surface area contributed by atoms with Crippen LogP contribution in [0, 0.1) is 0 Å². The van der Waals surface area contributed by atoms with Gasteiger partial charge in [0.05, 0.1) is 34.4 Å². The Labute approximate surface area is 332 Å². The van der Waals surface area contributed by atoms with Gasteiger partial charge >= 0.3 is 17.9 Å². The fourth-order valence-corrected chi connectivity index (χ4v) is 6.37. The first kappa shape index (κ1) is 51.5. The number of ether oxygens (including phenoxy) is 3. The third-order valence-electron chi connectivity index (χ3n) is 9.77. The number of hydrogen-bond acceptors (Lipinski definition) is 6. The van der Waals surface area contributed by atoms with Gasteiger partial charge in [-0.1, -0.05) is 147 Å². The van der Waals surface area contributed by atoms with Crippen LogP contribution in [0.4, 0.5) is 0 Å². The first-order chi connectivity index (χ1) is 26.1. The molecule has 0 aliphatic carbocycles. The van der Waals surface area contributed by atoms with Gasteiger partial charge < -0.3 is 23.8 Å². The fraction of sp³-hybridized carbons (Fsp3) is 0.804. The molecule has 2 unspecified atom stereocenters. The SMILES string of the molecule is CC/C=C/C/C=C/CCCCCCCCCCCCCCCCC(=O)OCC(COCCC(C(=O)O)[N+](C)(C)C)OC(=O)CCC/C=C/CCCCCC. The first-order valence-corrected chi connectivity index (χ1v) is 22.0. The number of hydrogen-bond donors (Lipinski definition) is 1. The second kappa shape index (κ2) is 37.5. The largest absolute Gasteiger partial charge is 0.477 e. The number of allylic oxidation sites excluding steroid dienone is 6. The number of rotatable bonds is 39. The maximum absolute atomic E-state index is 12.6. The number of carboxylic acids is 1. The molecule has 0 amide bonds. The van der Waals surface area contributed by atoms with E-state index in [1.807, 2.05) is 21.1 Å². The van der Waals surface area contributed by atoms with Crippen molar-refractivity contribution >= 4 is 17.9 Å². The van der Waals surface area contributed by atoms with Crippen LogP contribution in [0.2, 0.25) is 0 Å². The molecule has 314 valence electrons. The predicted octanol–water partition coefficient (Wildman–Crippen LogP) is 11.9. The van der Waals surface area contributed by atoms with Crippen LogP contribution in [-0.4, -0.2) is 80.6 Å². The van der Waals surface area contributed by atoms with Crippen molar-refractivity contribution in [1.82, 2.24) is 0 Å². The van der Waals surface area contributed by atoms with E-state index < -0.39 is 18.1 Å². The van der Waals surface area contributed by atoms with Crippen LogP contribution in [0.5, 0.6) is 0 Å². The molecule has 0 spiro atoms. The van der Waals surface area contributed by atoms with Crippen LogP contribution in [0.3, 0.4) is 0 Å². The zero-order chi connectivity index (χ0) is 40.0. The molecule has 0 heterocycles. The molecule has 1 N–H and O–H groups in total. The quantitative estimate of drug-likeness (QED) is 0.0288. The smallest absolute Gasteiger partial charge is 0.362 e. The van der Waals surface area contributed by atoms with E-state index >= 15 is 0 Å². The molecule has 8 heteroatoms. The minimum atomic E-state index is -0.879. The standard InChI is InChI=1S/C46H83NO7/c1-6-8-10-12-14-16-17-18-19-20-21-22-23-24-25-26-27-29-30-32-34-36-44(48)53-41-42(40-52-39-38-43(46(50)51)47(3,4)5)54-45(49)37-35-33-31-28-15-13-11-9-7-2/h8,10,14,16,28,31,42-43H,6-7,9,11-13,15,17-27,29-30,32-41H2,1-5H3/p+1/b10-8+,16-14+,31-28+. The predicted molar refractivity (Wildman–Crippen MR) is 225 cm³/mol. The van der Waals surface area contributed by atoms with Crippen molar-refractivity contribution in [2.24, 2.45) is 0 Å². The van der Waals surface area contributed by atoms with Crippen molar-refractivity contribution in [3.8, 4) is 0 Å². The second-order valence-corrected chi connectivity index (χ2v) is 15.9.